The molecule has 0 saturated heterocycles. The van der Waals surface area contributed by atoms with Crippen LogP contribution in [-0.4, -0.2) is 10.6 Å². The summed E-state index contributed by atoms with van der Waals surface area (Å²) in [4.78, 5) is 16.2. The van der Waals surface area contributed by atoms with Crippen LogP contribution in [0.4, 0.5) is 11.4 Å². The minimum absolute atomic E-state index is 0.102. The van der Waals surface area contributed by atoms with Crippen molar-refractivity contribution in [1.29, 1.82) is 0 Å². The SMILES string of the molecule is Cc1ccc2c(c1)C(=Nc1ccccc1C(C)C)c1cc([N+](=O)[O-])cc(C)c1-2. The lowest BCUT2D eigenvalue weighted by Crippen LogP contribution is -2.01. The van der Waals surface area contributed by atoms with Crippen LogP contribution in [0.3, 0.4) is 0 Å². The van der Waals surface area contributed by atoms with Crippen molar-refractivity contribution >= 4 is 17.1 Å². The van der Waals surface area contributed by atoms with E-state index in [1.807, 2.05) is 25.1 Å². The van der Waals surface area contributed by atoms with E-state index in [1.54, 1.807) is 12.1 Å². The van der Waals surface area contributed by atoms with E-state index in [2.05, 4.69) is 45.0 Å². The minimum atomic E-state index is -0.332. The zero-order chi connectivity index (χ0) is 20.0. The third-order valence-corrected chi connectivity index (χ3v) is 5.28. The normalized spacial score (nSPS) is 13.7. The van der Waals surface area contributed by atoms with Gasteiger partial charge in [-0.15, -0.1) is 0 Å². The fourth-order valence-electron chi connectivity index (χ4n) is 3.95. The van der Waals surface area contributed by atoms with Crippen molar-refractivity contribution in [3.8, 4) is 11.1 Å². The number of nitrogens with zero attached hydrogens (tertiary/aromatic N) is 2. The number of nitro groups is 1. The second-order valence-electron chi connectivity index (χ2n) is 7.67. The minimum Gasteiger partial charge on any atom is -0.258 e. The number of benzene rings is 3. The average Bonchev–Trinajstić information content (AvgIpc) is 2.95. The molecule has 4 nitrogen and oxygen atoms in total. The third kappa shape index (κ3) is 2.91. The Morgan fingerprint density at radius 2 is 1.68 bits per heavy atom. The van der Waals surface area contributed by atoms with Gasteiger partial charge in [-0.3, -0.25) is 10.1 Å². The smallest absolute Gasteiger partial charge is 0.258 e. The maximum atomic E-state index is 11.5. The molecule has 0 saturated carbocycles. The Labute approximate surface area is 164 Å². The Kier molecular flexibility index (Phi) is 4.34. The molecular formula is C24H22N2O2. The van der Waals surface area contributed by atoms with Crippen molar-refractivity contribution in [2.45, 2.75) is 33.6 Å². The lowest BCUT2D eigenvalue weighted by molar-refractivity contribution is -0.384. The number of non-ortho nitro benzene ring substituents is 1. The summed E-state index contributed by atoms with van der Waals surface area (Å²) >= 11 is 0. The molecule has 0 bridgehead atoms. The van der Waals surface area contributed by atoms with Crippen molar-refractivity contribution in [3.05, 3.63) is 92.5 Å². The Hall–Kier alpha value is -3.27. The number of hydrogen-bond donors (Lipinski definition) is 0. The molecule has 28 heavy (non-hydrogen) atoms. The van der Waals surface area contributed by atoms with Gasteiger partial charge in [0.05, 0.1) is 16.3 Å². The van der Waals surface area contributed by atoms with E-state index in [0.29, 0.717) is 5.92 Å². The van der Waals surface area contributed by atoms with Crippen molar-refractivity contribution < 1.29 is 4.92 Å². The zero-order valence-electron chi connectivity index (χ0n) is 16.5. The largest absolute Gasteiger partial charge is 0.270 e. The fourth-order valence-corrected chi connectivity index (χ4v) is 3.95. The number of aryl methyl sites for hydroxylation is 2. The first-order valence-corrected chi connectivity index (χ1v) is 9.45. The van der Waals surface area contributed by atoms with E-state index < -0.39 is 0 Å². The van der Waals surface area contributed by atoms with Crippen molar-refractivity contribution in [3.63, 3.8) is 0 Å². The highest BCUT2D eigenvalue weighted by atomic mass is 16.6. The summed E-state index contributed by atoms with van der Waals surface area (Å²) in [6.45, 7) is 8.28. The molecule has 0 amide bonds. The van der Waals surface area contributed by atoms with E-state index in [0.717, 1.165) is 44.8 Å². The lowest BCUT2D eigenvalue weighted by atomic mass is 9.99. The number of nitro benzene ring substituents is 1. The molecule has 3 aromatic rings. The average molecular weight is 370 g/mol. The Morgan fingerprint density at radius 3 is 2.39 bits per heavy atom. The predicted molar refractivity (Wildman–Crippen MR) is 114 cm³/mol. The summed E-state index contributed by atoms with van der Waals surface area (Å²) in [5.74, 6) is 0.338. The molecular weight excluding hydrogens is 348 g/mol. The van der Waals surface area contributed by atoms with E-state index in [1.165, 1.54) is 5.56 Å². The van der Waals surface area contributed by atoms with Crippen LogP contribution in [0.2, 0.25) is 0 Å². The predicted octanol–water partition coefficient (Wildman–Crippen LogP) is 6.48. The summed E-state index contributed by atoms with van der Waals surface area (Å²) in [6, 6.07) is 17.7. The van der Waals surface area contributed by atoms with Crippen LogP contribution in [-0.2, 0) is 0 Å². The van der Waals surface area contributed by atoms with Gasteiger partial charge in [-0.25, -0.2) is 4.99 Å². The molecule has 0 N–H and O–H groups in total. The summed E-state index contributed by atoms with van der Waals surface area (Å²) in [7, 11) is 0. The van der Waals surface area contributed by atoms with Crippen molar-refractivity contribution in [2.24, 2.45) is 4.99 Å². The van der Waals surface area contributed by atoms with Gasteiger partial charge in [0.2, 0.25) is 0 Å². The van der Waals surface area contributed by atoms with Crippen molar-refractivity contribution in [1.82, 2.24) is 0 Å². The molecule has 0 heterocycles. The first-order chi connectivity index (χ1) is 13.4. The van der Waals surface area contributed by atoms with Gasteiger partial charge in [0, 0.05) is 23.3 Å². The molecule has 0 atom stereocenters. The van der Waals surface area contributed by atoms with Crippen molar-refractivity contribution in [2.75, 3.05) is 0 Å². The highest BCUT2D eigenvalue weighted by molar-refractivity contribution is 6.26. The first-order valence-electron chi connectivity index (χ1n) is 9.45. The highest BCUT2D eigenvalue weighted by Gasteiger charge is 2.29. The second-order valence-corrected chi connectivity index (χ2v) is 7.67. The Morgan fingerprint density at radius 1 is 0.929 bits per heavy atom. The summed E-state index contributed by atoms with van der Waals surface area (Å²) in [6.07, 6.45) is 0. The third-order valence-electron chi connectivity index (χ3n) is 5.28. The molecule has 0 aromatic heterocycles. The lowest BCUT2D eigenvalue weighted by Gasteiger charge is -2.11. The van der Waals surface area contributed by atoms with Crippen LogP contribution >= 0.6 is 0 Å². The van der Waals surface area contributed by atoms with Crippen LogP contribution in [0, 0.1) is 24.0 Å². The van der Waals surface area contributed by atoms with Gasteiger partial charge in [-0.1, -0.05) is 49.7 Å². The summed E-state index contributed by atoms with van der Waals surface area (Å²) in [5.41, 5.74) is 9.05. The van der Waals surface area contributed by atoms with Crippen LogP contribution in [0.15, 0.2) is 59.6 Å². The Balaban J connectivity index is 2.04. The summed E-state index contributed by atoms with van der Waals surface area (Å²) in [5, 5.41) is 11.5. The molecule has 0 spiro atoms. The molecule has 140 valence electrons. The molecule has 3 aromatic carbocycles. The number of rotatable bonds is 3. The van der Waals surface area contributed by atoms with E-state index in [9.17, 15) is 10.1 Å². The topological polar surface area (TPSA) is 55.5 Å². The number of para-hydroxylation sites is 1. The molecule has 0 unspecified atom stereocenters. The zero-order valence-corrected chi connectivity index (χ0v) is 16.5. The van der Waals surface area contributed by atoms with E-state index in [4.69, 9.17) is 4.99 Å². The van der Waals surface area contributed by atoms with Gasteiger partial charge in [-0.2, -0.15) is 0 Å². The van der Waals surface area contributed by atoms with Crippen LogP contribution in [0.5, 0.6) is 0 Å². The molecule has 4 heteroatoms. The van der Waals surface area contributed by atoms with E-state index in [-0.39, 0.29) is 10.6 Å². The summed E-state index contributed by atoms with van der Waals surface area (Å²) < 4.78 is 0. The molecule has 0 fully saturated rings. The first kappa shape index (κ1) is 18.1. The van der Waals surface area contributed by atoms with Crippen LogP contribution in [0.1, 0.15) is 47.6 Å². The number of aliphatic imine (C=N–C) groups is 1. The quantitative estimate of drug-likeness (QED) is 0.306. The van der Waals surface area contributed by atoms with Crippen LogP contribution in [0.25, 0.3) is 11.1 Å². The standard InChI is InChI=1S/C24H22N2O2/c1-14(2)18-7-5-6-8-22(18)25-24-20-11-15(3)9-10-19(20)23-16(4)12-17(26(27)28)13-21(23)24/h5-14H,1-4H3. The van der Waals surface area contributed by atoms with E-state index >= 15 is 0 Å². The fraction of sp³-hybridized carbons (Fsp3) is 0.208. The molecule has 4 rings (SSSR count). The molecule has 0 aliphatic heterocycles. The highest BCUT2D eigenvalue weighted by Crippen LogP contribution is 2.43. The molecule has 1 aliphatic carbocycles. The van der Waals surface area contributed by atoms with Gasteiger partial charge in [0.15, 0.2) is 0 Å². The number of fused-ring (bicyclic) bond motifs is 3. The second kappa shape index (κ2) is 6.71. The van der Waals surface area contributed by atoms with Gasteiger partial charge < -0.3 is 0 Å². The van der Waals surface area contributed by atoms with Gasteiger partial charge in [0.1, 0.15) is 0 Å². The molecule has 1 aliphatic rings. The maximum Gasteiger partial charge on any atom is 0.270 e. The number of hydrogen-bond acceptors (Lipinski definition) is 3. The Bertz CT molecular complexity index is 1140. The van der Waals surface area contributed by atoms with Gasteiger partial charge in [-0.05, 0) is 54.2 Å². The molecule has 0 radical (unpaired) electrons. The van der Waals surface area contributed by atoms with Gasteiger partial charge >= 0.3 is 0 Å². The van der Waals surface area contributed by atoms with Gasteiger partial charge in [0.25, 0.3) is 5.69 Å². The van der Waals surface area contributed by atoms with Crippen LogP contribution < -0.4 is 0 Å². The maximum absolute atomic E-state index is 11.5. The monoisotopic (exact) mass is 370 g/mol.